The minimum Gasteiger partial charge on any atom is -0.495 e. The molecule has 1 heterocycles. The number of nitrogen functional groups attached to an aromatic ring is 1. The van der Waals surface area contributed by atoms with Crippen molar-refractivity contribution in [1.82, 2.24) is 10.2 Å². The summed E-state index contributed by atoms with van der Waals surface area (Å²) < 4.78 is 5.53. The summed E-state index contributed by atoms with van der Waals surface area (Å²) in [5.41, 5.74) is 14.7. The van der Waals surface area contributed by atoms with E-state index < -0.39 is 11.5 Å². The standard InChI is InChI=1S/C31H34N4O5/c1-17(28(33)36)15-35-16-25-22(30(35)38)7-6-18-4-5-19(12-23(18)25)20-13-24(27(32)26(14-20)40-3)29(37)34-21-8-10-31(2,39)11-9-21/h4-7,12-14,21,39H,1,8-11,15-16,32H2,2-3H3,(H2,33,36)(H,34,37)/t21-,31+. The highest BCUT2D eigenvalue weighted by Gasteiger charge is 2.31. The lowest BCUT2D eigenvalue weighted by molar-refractivity contribution is -0.114. The molecule has 2 aliphatic rings. The van der Waals surface area contributed by atoms with Crippen LogP contribution in [0.25, 0.3) is 21.9 Å². The normalized spacial score (nSPS) is 20.3. The number of aliphatic hydroxyl groups is 1. The molecule has 0 spiro atoms. The highest BCUT2D eigenvalue weighted by molar-refractivity contribution is 6.06. The van der Waals surface area contributed by atoms with E-state index in [4.69, 9.17) is 16.2 Å². The van der Waals surface area contributed by atoms with Gasteiger partial charge in [-0.05, 0) is 84.3 Å². The Morgan fingerprint density at radius 1 is 1.15 bits per heavy atom. The third-order valence-corrected chi connectivity index (χ3v) is 8.07. The number of benzene rings is 3. The Morgan fingerprint density at radius 3 is 2.52 bits per heavy atom. The number of nitrogens with zero attached hydrogens (tertiary/aromatic N) is 1. The highest BCUT2D eigenvalue weighted by atomic mass is 16.5. The van der Waals surface area contributed by atoms with Gasteiger partial charge in [-0.1, -0.05) is 24.8 Å². The second kappa shape index (κ2) is 10.3. The quantitative estimate of drug-likeness (QED) is 0.265. The third-order valence-electron chi connectivity index (χ3n) is 8.07. The van der Waals surface area contributed by atoms with E-state index in [1.165, 1.54) is 7.11 Å². The average Bonchev–Trinajstić information content (AvgIpc) is 3.24. The fourth-order valence-electron chi connectivity index (χ4n) is 5.60. The van der Waals surface area contributed by atoms with Gasteiger partial charge in [0, 0.05) is 23.7 Å². The number of fused-ring (bicyclic) bond motifs is 3. The van der Waals surface area contributed by atoms with E-state index in [1.807, 2.05) is 31.2 Å². The molecule has 40 heavy (non-hydrogen) atoms. The maximum Gasteiger partial charge on any atom is 0.254 e. The first kappa shape index (κ1) is 27.2. The Morgan fingerprint density at radius 2 is 1.85 bits per heavy atom. The molecule has 3 aromatic rings. The Balaban J connectivity index is 1.48. The Bertz CT molecular complexity index is 1550. The zero-order valence-corrected chi connectivity index (χ0v) is 22.8. The van der Waals surface area contributed by atoms with Gasteiger partial charge in [-0.3, -0.25) is 14.4 Å². The van der Waals surface area contributed by atoms with E-state index in [2.05, 4.69) is 11.9 Å². The fourth-order valence-corrected chi connectivity index (χ4v) is 5.60. The summed E-state index contributed by atoms with van der Waals surface area (Å²) in [5.74, 6) is -0.717. The first-order valence-electron chi connectivity index (χ1n) is 13.3. The predicted molar refractivity (Wildman–Crippen MR) is 154 cm³/mol. The van der Waals surface area contributed by atoms with E-state index in [0.29, 0.717) is 49.1 Å². The lowest BCUT2D eigenvalue weighted by atomic mass is 9.83. The SMILES string of the molecule is C=C(CN1Cc2c(ccc3ccc(-c4cc(OC)c(N)c(C(=O)N[C@H]5CC[C@@](C)(O)CC5)c4)cc23)C1=O)C(N)=O. The fraction of sp³-hybridized carbons (Fsp3) is 0.323. The van der Waals surface area contributed by atoms with Gasteiger partial charge in [-0.15, -0.1) is 0 Å². The van der Waals surface area contributed by atoms with Gasteiger partial charge in [-0.25, -0.2) is 0 Å². The molecule has 9 nitrogen and oxygen atoms in total. The molecule has 9 heteroatoms. The minimum absolute atomic E-state index is 0.0452. The average molecular weight is 543 g/mol. The van der Waals surface area contributed by atoms with Crippen LogP contribution >= 0.6 is 0 Å². The molecular weight excluding hydrogens is 508 g/mol. The third kappa shape index (κ3) is 5.12. The van der Waals surface area contributed by atoms with Crippen molar-refractivity contribution in [1.29, 1.82) is 0 Å². The summed E-state index contributed by atoms with van der Waals surface area (Å²) in [6, 6.07) is 13.1. The summed E-state index contributed by atoms with van der Waals surface area (Å²) in [4.78, 5) is 39.4. The van der Waals surface area contributed by atoms with Gasteiger partial charge in [0.2, 0.25) is 5.91 Å². The molecule has 6 N–H and O–H groups in total. The number of hydrogen-bond acceptors (Lipinski definition) is 6. The van der Waals surface area contributed by atoms with Crippen LogP contribution in [0.5, 0.6) is 5.75 Å². The highest BCUT2D eigenvalue weighted by Crippen LogP contribution is 2.37. The molecule has 1 aliphatic heterocycles. The lowest BCUT2D eigenvalue weighted by Gasteiger charge is -2.33. The molecule has 3 amide bonds. The molecule has 1 saturated carbocycles. The summed E-state index contributed by atoms with van der Waals surface area (Å²) in [6.45, 7) is 5.90. The molecule has 5 rings (SSSR count). The van der Waals surface area contributed by atoms with Gasteiger partial charge < -0.3 is 31.5 Å². The number of anilines is 1. The van der Waals surface area contributed by atoms with Crippen LogP contribution in [0.15, 0.2) is 54.6 Å². The maximum atomic E-state index is 13.3. The molecule has 3 aromatic carbocycles. The van der Waals surface area contributed by atoms with Crippen molar-refractivity contribution in [3.63, 3.8) is 0 Å². The Kier molecular flexibility index (Phi) is 7.01. The monoisotopic (exact) mass is 542 g/mol. The number of carbonyl (C=O) groups is 3. The number of methoxy groups -OCH3 is 1. The van der Waals surface area contributed by atoms with Crippen molar-refractivity contribution in [2.45, 2.75) is 50.8 Å². The maximum absolute atomic E-state index is 13.3. The van der Waals surface area contributed by atoms with Crippen LogP contribution < -0.4 is 21.5 Å². The van der Waals surface area contributed by atoms with Crippen molar-refractivity contribution in [3.8, 4) is 16.9 Å². The van der Waals surface area contributed by atoms with Gasteiger partial charge in [0.05, 0.1) is 30.5 Å². The number of nitrogens with two attached hydrogens (primary N) is 2. The largest absolute Gasteiger partial charge is 0.495 e. The molecule has 0 aromatic heterocycles. The molecule has 0 atom stereocenters. The number of amides is 3. The van der Waals surface area contributed by atoms with Crippen LogP contribution in [0, 0.1) is 0 Å². The van der Waals surface area contributed by atoms with Crippen LogP contribution in [0.3, 0.4) is 0 Å². The summed E-state index contributed by atoms with van der Waals surface area (Å²) in [5, 5.41) is 15.2. The molecule has 0 saturated heterocycles. The van der Waals surface area contributed by atoms with Gasteiger partial charge in [-0.2, -0.15) is 0 Å². The predicted octanol–water partition coefficient (Wildman–Crippen LogP) is 3.52. The summed E-state index contributed by atoms with van der Waals surface area (Å²) >= 11 is 0. The van der Waals surface area contributed by atoms with Crippen LogP contribution in [0.1, 0.15) is 58.9 Å². The second-order valence-corrected chi connectivity index (χ2v) is 11.0. The van der Waals surface area contributed by atoms with Gasteiger partial charge in [0.15, 0.2) is 0 Å². The molecule has 0 bridgehead atoms. The van der Waals surface area contributed by atoms with E-state index >= 15 is 0 Å². The number of nitrogens with one attached hydrogen (secondary N) is 1. The molecule has 1 fully saturated rings. The van der Waals surface area contributed by atoms with Gasteiger partial charge >= 0.3 is 0 Å². The van der Waals surface area contributed by atoms with Crippen molar-refractivity contribution >= 4 is 34.2 Å². The van der Waals surface area contributed by atoms with Crippen molar-refractivity contribution in [2.24, 2.45) is 5.73 Å². The Labute approximate surface area is 232 Å². The number of rotatable bonds is 7. The molecular formula is C31H34N4O5. The first-order chi connectivity index (χ1) is 19.0. The Hall–Kier alpha value is -4.37. The summed E-state index contributed by atoms with van der Waals surface area (Å²) in [6.07, 6.45) is 2.62. The van der Waals surface area contributed by atoms with Crippen molar-refractivity contribution in [3.05, 3.63) is 71.3 Å². The second-order valence-electron chi connectivity index (χ2n) is 11.0. The molecule has 208 valence electrons. The zero-order chi connectivity index (χ0) is 28.8. The van der Waals surface area contributed by atoms with Crippen LogP contribution in [0.2, 0.25) is 0 Å². The number of primary amides is 1. The van der Waals surface area contributed by atoms with E-state index in [-0.39, 0.29) is 35.7 Å². The van der Waals surface area contributed by atoms with Gasteiger partial charge in [0.25, 0.3) is 11.8 Å². The van der Waals surface area contributed by atoms with Crippen LogP contribution in [0.4, 0.5) is 5.69 Å². The van der Waals surface area contributed by atoms with Crippen LogP contribution in [-0.4, -0.2) is 53.0 Å². The molecule has 0 unspecified atom stereocenters. The molecule has 0 radical (unpaired) electrons. The van der Waals surface area contributed by atoms with Crippen molar-refractivity contribution in [2.75, 3.05) is 19.4 Å². The number of ether oxygens (including phenoxy) is 1. The van der Waals surface area contributed by atoms with E-state index in [0.717, 1.165) is 27.5 Å². The lowest BCUT2D eigenvalue weighted by Crippen LogP contribution is -2.42. The van der Waals surface area contributed by atoms with Crippen LogP contribution in [-0.2, 0) is 11.3 Å². The number of carbonyl (C=O) groups excluding carboxylic acids is 3. The topological polar surface area (TPSA) is 148 Å². The first-order valence-corrected chi connectivity index (χ1v) is 13.3. The minimum atomic E-state index is -0.697. The smallest absolute Gasteiger partial charge is 0.254 e. The zero-order valence-electron chi connectivity index (χ0n) is 22.8. The molecule has 1 aliphatic carbocycles. The van der Waals surface area contributed by atoms with E-state index in [9.17, 15) is 19.5 Å². The van der Waals surface area contributed by atoms with Crippen molar-refractivity contribution < 1.29 is 24.2 Å². The number of hydrogen-bond donors (Lipinski definition) is 4. The van der Waals surface area contributed by atoms with Gasteiger partial charge in [0.1, 0.15) is 5.75 Å². The van der Waals surface area contributed by atoms with E-state index in [1.54, 1.807) is 23.1 Å². The summed E-state index contributed by atoms with van der Waals surface area (Å²) in [7, 11) is 1.51.